The quantitative estimate of drug-likeness (QED) is 0.638. The van der Waals surface area contributed by atoms with E-state index in [2.05, 4.69) is 27.7 Å². The van der Waals surface area contributed by atoms with Crippen molar-refractivity contribution < 1.29 is 4.79 Å². The van der Waals surface area contributed by atoms with E-state index < -0.39 is 0 Å². The van der Waals surface area contributed by atoms with Crippen molar-refractivity contribution in [3.8, 4) is 0 Å². The van der Waals surface area contributed by atoms with Crippen molar-refractivity contribution in [3.05, 3.63) is 35.9 Å². The lowest BCUT2D eigenvalue weighted by molar-refractivity contribution is -0.127. The lowest BCUT2D eigenvalue weighted by Gasteiger charge is -2.25. The third kappa shape index (κ3) is 5.91. The summed E-state index contributed by atoms with van der Waals surface area (Å²) in [5.41, 5.74) is 7.39. The van der Waals surface area contributed by atoms with E-state index in [1.165, 1.54) is 0 Å². The summed E-state index contributed by atoms with van der Waals surface area (Å²) in [5.74, 6) is 1.01. The first-order chi connectivity index (χ1) is 9.38. The standard InChI is InChI=1S/C17H26N2O/c1-13(2)11-19(12-14(3)4)17(20)9-8-15-6-5-7-16(18)10-15/h5-10,13-14H,11-12,18H2,1-4H3/b9-8+. The molecule has 0 spiro atoms. The summed E-state index contributed by atoms with van der Waals surface area (Å²) in [4.78, 5) is 14.2. The molecule has 0 saturated carbocycles. The highest BCUT2D eigenvalue weighted by molar-refractivity contribution is 5.91. The minimum atomic E-state index is 0.0647. The van der Waals surface area contributed by atoms with Gasteiger partial charge in [-0.2, -0.15) is 0 Å². The van der Waals surface area contributed by atoms with Crippen LogP contribution < -0.4 is 5.73 Å². The van der Waals surface area contributed by atoms with Gasteiger partial charge in [0, 0.05) is 24.9 Å². The molecule has 0 fully saturated rings. The molecular formula is C17H26N2O. The largest absolute Gasteiger partial charge is 0.399 e. The molecule has 0 radical (unpaired) electrons. The maximum absolute atomic E-state index is 12.3. The van der Waals surface area contributed by atoms with Gasteiger partial charge in [-0.1, -0.05) is 39.8 Å². The molecule has 0 aliphatic carbocycles. The number of hydrogen-bond donors (Lipinski definition) is 1. The Balaban J connectivity index is 2.74. The summed E-state index contributed by atoms with van der Waals surface area (Å²) in [7, 11) is 0. The summed E-state index contributed by atoms with van der Waals surface area (Å²) in [6.45, 7) is 10.1. The highest BCUT2D eigenvalue weighted by atomic mass is 16.2. The predicted molar refractivity (Wildman–Crippen MR) is 86.1 cm³/mol. The van der Waals surface area contributed by atoms with Gasteiger partial charge in [-0.15, -0.1) is 0 Å². The number of nitrogens with zero attached hydrogens (tertiary/aromatic N) is 1. The monoisotopic (exact) mass is 274 g/mol. The van der Waals surface area contributed by atoms with Crippen molar-refractivity contribution in [2.24, 2.45) is 11.8 Å². The SMILES string of the molecule is CC(C)CN(CC(C)C)C(=O)/C=C/c1cccc(N)c1. The average Bonchev–Trinajstić information content (AvgIpc) is 2.34. The third-order valence-electron chi connectivity index (χ3n) is 2.81. The van der Waals surface area contributed by atoms with Crippen LogP contribution in [0.4, 0.5) is 5.69 Å². The van der Waals surface area contributed by atoms with Crippen LogP contribution in [0.1, 0.15) is 33.3 Å². The minimum absolute atomic E-state index is 0.0647. The summed E-state index contributed by atoms with van der Waals surface area (Å²) in [6, 6.07) is 7.52. The van der Waals surface area contributed by atoms with Gasteiger partial charge < -0.3 is 10.6 Å². The van der Waals surface area contributed by atoms with Crippen molar-refractivity contribution in [1.82, 2.24) is 4.90 Å². The van der Waals surface area contributed by atoms with Gasteiger partial charge in [-0.3, -0.25) is 4.79 Å². The first-order valence-electron chi connectivity index (χ1n) is 7.21. The van der Waals surface area contributed by atoms with E-state index in [1.807, 2.05) is 35.2 Å². The van der Waals surface area contributed by atoms with E-state index in [9.17, 15) is 4.79 Å². The second kappa shape index (κ2) is 7.73. The van der Waals surface area contributed by atoms with Gasteiger partial charge in [0.2, 0.25) is 5.91 Å². The van der Waals surface area contributed by atoms with Gasteiger partial charge in [-0.25, -0.2) is 0 Å². The van der Waals surface area contributed by atoms with Crippen LogP contribution >= 0.6 is 0 Å². The Hall–Kier alpha value is -1.77. The fourth-order valence-electron chi connectivity index (χ4n) is 2.07. The molecule has 0 atom stereocenters. The molecule has 0 aromatic heterocycles. The van der Waals surface area contributed by atoms with E-state index in [0.29, 0.717) is 17.5 Å². The fourth-order valence-corrected chi connectivity index (χ4v) is 2.07. The molecule has 0 bridgehead atoms. The van der Waals surface area contributed by atoms with Crippen molar-refractivity contribution >= 4 is 17.7 Å². The molecule has 0 heterocycles. The van der Waals surface area contributed by atoms with Crippen molar-refractivity contribution in [2.75, 3.05) is 18.8 Å². The molecular weight excluding hydrogens is 248 g/mol. The van der Waals surface area contributed by atoms with E-state index in [4.69, 9.17) is 5.73 Å². The number of nitrogen functional groups attached to an aromatic ring is 1. The molecule has 3 heteroatoms. The van der Waals surface area contributed by atoms with Crippen molar-refractivity contribution in [2.45, 2.75) is 27.7 Å². The number of carbonyl (C=O) groups excluding carboxylic acids is 1. The highest BCUT2D eigenvalue weighted by Crippen LogP contribution is 2.10. The normalized spacial score (nSPS) is 11.5. The number of amides is 1. The molecule has 110 valence electrons. The topological polar surface area (TPSA) is 46.3 Å². The lowest BCUT2D eigenvalue weighted by atomic mass is 10.1. The molecule has 20 heavy (non-hydrogen) atoms. The van der Waals surface area contributed by atoms with Crippen molar-refractivity contribution in [1.29, 1.82) is 0 Å². The number of nitrogens with two attached hydrogens (primary N) is 1. The maximum Gasteiger partial charge on any atom is 0.246 e. The van der Waals surface area contributed by atoms with E-state index in [0.717, 1.165) is 18.7 Å². The van der Waals surface area contributed by atoms with Gasteiger partial charge in [0.15, 0.2) is 0 Å². The van der Waals surface area contributed by atoms with E-state index in [-0.39, 0.29) is 5.91 Å². The van der Waals surface area contributed by atoms with Gasteiger partial charge in [0.05, 0.1) is 0 Å². The Labute approximate surface area is 122 Å². The van der Waals surface area contributed by atoms with Gasteiger partial charge in [-0.05, 0) is 35.6 Å². The van der Waals surface area contributed by atoms with Gasteiger partial charge in [0.25, 0.3) is 0 Å². The predicted octanol–water partition coefficient (Wildman–Crippen LogP) is 3.42. The number of rotatable bonds is 6. The second-order valence-electron chi connectivity index (χ2n) is 6.03. The van der Waals surface area contributed by atoms with Crippen LogP contribution in [0, 0.1) is 11.8 Å². The second-order valence-corrected chi connectivity index (χ2v) is 6.03. The van der Waals surface area contributed by atoms with Gasteiger partial charge >= 0.3 is 0 Å². The first kappa shape index (κ1) is 16.3. The van der Waals surface area contributed by atoms with Crippen LogP contribution in [0.25, 0.3) is 6.08 Å². The molecule has 0 unspecified atom stereocenters. The highest BCUT2D eigenvalue weighted by Gasteiger charge is 2.13. The zero-order valence-corrected chi connectivity index (χ0v) is 13.0. The molecule has 1 rings (SSSR count). The summed E-state index contributed by atoms with van der Waals surface area (Å²) >= 11 is 0. The average molecular weight is 274 g/mol. The molecule has 0 aliphatic heterocycles. The molecule has 1 aromatic carbocycles. The number of carbonyl (C=O) groups is 1. The van der Waals surface area contributed by atoms with Crippen molar-refractivity contribution in [3.63, 3.8) is 0 Å². The molecule has 0 aliphatic rings. The Kier molecular flexibility index (Phi) is 6.29. The van der Waals surface area contributed by atoms with E-state index >= 15 is 0 Å². The molecule has 3 nitrogen and oxygen atoms in total. The lowest BCUT2D eigenvalue weighted by Crippen LogP contribution is -2.35. The summed E-state index contributed by atoms with van der Waals surface area (Å²) in [6.07, 6.45) is 3.46. The Bertz CT molecular complexity index is 454. The summed E-state index contributed by atoms with van der Waals surface area (Å²) < 4.78 is 0. The number of hydrogen-bond acceptors (Lipinski definition) is 2. The zero-order valence-electron chi connectivity index (χ0n) is 13.0. The number of benzene rings is 1. The van der Waals surface area contributed by atoms with Crippen LogP contribution in [0.5, 0.6) is 0 Å². The summed E-state index contributed by atoms with van der Waals surface area (Å²) in [5, 5.41) is 0. The molecule has 0 saturated heterocycles. The van der Waals surface area contributed by atoms with Crippen LogP contribution in [-0.2, 0) is 4.79 Å². The Morgan fingerprint density at radius 3 is 2.30 bits per heavy atom. The van der Waals surface area contributed by atoms with E-state index in [1.54, 1.807) is 6.08 Å². The zero-order chi connectivity index (χ0) is 15.1. The fraction of sp³-hybridized carbons (Fsp3) is 0.471. The van der Waals surface area contributed by atoms with Crippen LogP contribution in [0.3, 0.4) is 0 Å². The minimum Gasteiger partial charge on any atom is -0.399 e. The molecule has 2 N–H and O–H groups in total. The first-order valence-corrected chi connectivity index (χ1v) is 7.21. The Morgan fingerprint density at radius 2 is 1.80 bits per heavy atom. The van der Waals surface area contributed by atoms with Crippen LogP contribution in [-0.4, -0.2) is 23.9 Å². The number of anilines is 1. The maximum atomic E-state index is 12.3. The van der Waals surface area contributed by atoms with Crippen LogP contribution in [0.15, 0.2) is 30.3 Å². The van der Waals surface area contributed by atoms with Crippen LogP contribution in [0.2, 0.25) is 0 Å². The Morgan fingerprint density at radius 1 is 1.20 bits per heavy atom. The third-order valence-corrected chi connectivity index (χ3v) is 2.81. The molecule has 1 amide bonds. The molecule has 1 aromatic rings. The smallest absolute Gasteiger partial charge is 0.246 e. The van der Waals surface area contributed by atoms with Gasteiger partial charge in [0.1, 0.15) is 0 Å².